The molecule has 1 N–H and O–H groups in total. The Morgan fingerprint density at radius 3 is 2.30 bits per heavy atom. The summed E-state index contributed by atoms with van der Waals surface area (Å²) >= 11 is 0. The van der Waals surface area contributed by atoms with E-state index in [1.165, 1.54) is 32.5 Å². The second kappa shape index (κ2) is 9.81. The number of methoxy groups -OCH3 is 3. The van der Waals surface area contributed by atoms with Gasteiger partial charge in [0.2, 0.25) is 5.75 Å². The van der Waals surface area contributed by atoms with Crippen LogP contribution < -0.4 is 23.7 Å². The molecule has 0 saturated carbocycles. The zero-order valence-corrected chi connectivity index (χ0v) is 20.5. The summed E-state index contributed by atoms with van der Waals surface area (Å²) in [7, 11) is 4.41. The first-order valence-electron chi connectivity index (χ1n) is 11.5. The highest BCUT2D eigenvalue weighted by Gasteiger charge is 2.47. The molecule has 2 aromatic carbocycles. The average Bonchev–Trinajstić information content (AvgIpc) is 3.53. The number of rotatable bonds is 7. The summed E-state index contributed by atoms with van der Waals surface area (Å²) < 4.78 is 33.1. The van der Waals surface area contributed by atoms with Gasteiger partial charge in [0.1, 0.15) is 24.7 Å². The highest BCUT2D eigenvalue weighted by atomic mass is 16.6. The maximum absolute atomic E-state index is 13.4. The molecule has 2 aliphatic heterocycles. The number of carbonyl (C=O) groups excluding carboxylic acids is 2. The molecular weight excluding hydrogens is 482 g/mol. The molecule has 10 heteroatoms. The van der Waals surface area contributed by atoms with Crippen LogP contribution in [0.5, 0.6) is 28.7 Å². The molecule has 0 aliphatic carbocycles. The molecule has 0 spiro atoms. The molecule has 10 nitrogen and oxygen atoms in total. The summed E-state index contributed by atoms with van der Waals surface area (Å²) in [6, 6.07) is 10.5. The largest absolute Gasteiger partial charge is 0.507 e. The van der Waals surface area contributed by atoms with Crippen molar-refractivity contribution in [1.29, 1.82) is 0 Å². The number of Topliss-reactive ketones (excluding diaryl/α,β-unsaturated/α-hetero) is 1. The Morgan fingerprint density at radius 2 is 1.68 bits per heavy atom. The monoisotopic (exact) mass is 507 g/mol. The molecule has 5 rings (SSSR count). The van der Waals surface area contributed by atoms with Crippen LogP contribution in [0.1, 0.15) is 22.9 Å². The molecular formula is C27H25NO9. The van der Waals surface area contributed by atoms with Crippen LogP contribution in [0.3, 0.4) is 0 Å². The fourth-order valence-electron chi connectivity index (χ4n) is 4.57. The molecule has 1 aromatic heterocycles. The number of carbonyl (C=O) groups is 2. The molecule has 0 radical (unpaired) electrons. The number of furan rings is 1. The molecule has 1 amide bonds. The van der Waals surface area contributed by atoms with Gasteiger partial charge in [-0.1, -0.05) is 0 Å². The van der Waals surface area contributed by atoms with Gasteiger partial charge in [0, 0.05) is 5.56 Å². The topological polar surface area (TPSA) is 117 Å². The number of amides is 1. The van der Waals surface area contributed by atoms with Gasteiger partial charge in [-0.15, -0.1) is 0 Å². The molecule has 0 bridgehead atoms. The van der Waals surface area contributed by atoms with Gasteiger partial charge in [-0.3, -0.25) is 9.59 Å². The number of benzene rings is 2. The Morgan fingerprint density at radius 1 is 0.973 bits per heavy atom. The summed E-state index contributed by atoms with van der Waals surface area (Å²) in [4.78, 5) is 28.0. The lowest BCUT2D eigenvalue weighted by Gasteiger charge is -2.26. The van der Waals surface area contributed by atoms with Crippen molar-refractivity contribution in [2.24, 2.45) is 0 Å². The molecule has 1 unspecified atom stereocenters. The highest BCUT2D eigenvalue weighted by Crippen LogP contribution is 2.46. The number of nitrogens with zero attached hydrogens (tertiary/aromatic N) is 1. The third kappa shape index (κ3) is 4.20. The predicted octanol–water partition coefficient (Wildman–Crippen LogP) is 3.70. The van der Waals surface area contributed by atoms with E-state index in [1.54, 1.807) is 42.5 Å². The summed E-state index contributed by atoms with van der Waals surface area (Å²) in [6.07, 6.45) is 1.48. The van der Waals surface area contributed by atoms with Crippen LogP contribution in [0.4, 0.5) is 0 Å². The maximum atomic E-state index is 13.4. The summed E-state index contributed by atoms with van der Waals surface area (Å²) in [5.41, 5.74) is 0.680. The van der Waals surface area contributed by atoms with Gasteiger partial charge < -0.3 is 38.1 Å². The number of fused-ring (bicyclic) bond motifs is 1. The Balaban J connectivity index is 1.69. The molecule has 37 heavy (non-hydrogen) atoms. The lowest BCUT2D eigenvalue weighted by molar-refractivity contribution is -0.140. The molecule has 192 valence electrons. The number of hydrogen-bond acceptors (Lipinski definition) is 9. The van der Waals surface area contributed by atoms with Crippen molar-refractivity contribution < 1.29 is 42.8 Å². The van der Waals surface area contributed by atoms with Crippen LogP contribution >= 0.6 is 0 Å². The van der Waals surface area contributed by atoms with Crippen molar-refractivity contribution in [3.8, 4) is 28.7 Å². The van der Waals surface area contributed by atoms with Crippen molar-refractivity contribution in [2.45, 2.75) is 12.6 Å². The van der Waals surface area contributed by atoms with Crippen LogP contribution in [0.25, 0.3) is 5.76 Å². The molecule has 2 aliphatic rings. The third-order valence-electron chi connectivity index (χ3n) is 6.26. The smallest absolute Gasteiger partial charge is 0.296 e. The van der Waals surface area contributed by atoms with Crippen LogP contribution in [0, 0.1) is 0 Å². The second-order valence-electron chi connectivity index (χ2n) is 8.32. The number of hydrogen-bond donors (Lipinski definition) is 1. The van der Waals surface area contributed by atoms with Crippen LogP contribution in [0.2, 0.25) is 0 Å². The normalized spacial score (nSPS) is 18.1. The number of ether oxygens (including phenoxy) is 5. The van der Waals surface area contributed by atoms with Crippen molar-refractivity contribution >= 4 is 17.4 Å². The van der Waals surface area contributed by atoms with Crippen molar-refractivity contribution in [3.05, 3.63) is 71.2 Å². The maximum Gasteiger partial charge on any atom is 0.296 e. The Kier molecular flexibility index (Phi) is 6.39. The zero-order valence-electron chi connectivity index (χ0n) is 20.5. The summed E-state index contributed by atoms with van der Waals surface area (Å²) in [5.74, 6) is 0.483. The molecule has 1 fully saturated rings. The lowest BCUT2D eigenvalue weighted by Crippen LogP contribution is -2.29. The van der Waals surface area contributed by atoms with E-state index < -0.39 is 17.7 Å². The first-order chi connectivity index (χ1) is 18.0. The van der Waals surface area contributed by atoms with Gasteiger partial charge in [0.25, 0.3) is 11.7 Å². The lowest BCUT2D eigenvalue weighted by atomic mass is 9.94. The number of likely N-dealkylation sites (tertiary alicyclic amines) is 1. The van der Waals surface area contributed by atoms with Crippen LogP contribution in [-0.2, 0) is 16.1 Å². The molecule has 1 saturated heterocycles. The van der Waals surface area contributed by atoms with E-state index in [2.05, 4.69) is 0 Å². The summed E-state index contributed by atoms with van der Waals surface area (Å²) in [6.45, 7) is 0.768. The van der Waals surface area contributed by atoms with Gasteiger partial charge in [0.15, 0.2) is 23.0 Å². The average molecular weight is 507 g/mol. The number of ketones is 1. The van der Waals surface area contributed by atoms with E-state index >= 15 is 0 Å². The fraction of sp³-hybridized carbons (Fsp3) is 0.259. The SMILES string of the molecule is COc1cc(C2/C(=C(/O)c3ccc4c(c3)OCCO4)C(=O)C(=O)N2Cc2ccco2)cc(OC)c1OC. The van der Waals surface area contributed by atoms with Crippen LogP contribution in [0.15, 0.2) is 58.7 Å². The molecule has 1 atom stereocenters. The van der Waals surface area contributed by atoms with Gasteiger partial charge in [0.05, 0.1) is 45.8 Å². The van der Waals surface area contributed by atoms with E-state index in [0.717, 1.165) is 0 Å². The third-order valence-corrected chi connectivity index (χ3v) is 6.26. The minimum Gasteiger partial charge on any atom is -0.507 e. The van der Waals surface area contributed by atoms with Crippen LogP contribution in [-0.4, -0.2) is 56.2 Å². The molecule has 3 heterocycles. The fourth-order valence-corrected chi connectivity index (χ4v) is 4.57. The van der Waals surface area contributed by atoms with E-state index in [0.29, 0.717) is 58.8 Å². The number of aliphatic hydroxyl groups is 1. The second-order valence-corrected chi connectivity index (χ2v) is 8.32. The first-order valence-corrected chi connectivity index (χ1v) is 11.5. The van der Waals surface area contributed by atoms with E-state index in [1.807, 2.05) is 0 Å². The minimum absolute atomic E-state index is 0.00316. The zero-order chi connectivity index (χ0) is 26.1. The van der Waals surface area contributed by atoms with E-state index in [9.17, 15) is 14.7 Å². The van der Waals surface area contributed by atoms with E-state index in [-0.39, 0.29) is 17.9 Å². The minimum atomic E-state index is -0.980. The van der Waals surface area contributed by atoms with E-state index in [4.69, 9.17) is 28.1 Å². The van der Waals surface area contributed by atoms with Gasteiger partial charge in [-0.25, -0.2) is 0 Å². The predicted molar refractivity (Wildman–Crippen MR) is 130 cm³/mol. The Labute approximate surface area is 212 Å². The standard InChI is InChI=1S/C27H25NO9/c1-32-20-12-16(13-21(33-2)26(20)34-3)23-22(25(30)27(31)28(23)14-17-5-4-8-35-17)24(29)15-6-7-18-19(11-15)37-10-9-36-18/h4-8,11-13,23,29H,9-10,14H2,1-3H3/b24-22-. The van der Waals surface area contributed by atoms with Gasteiger partial charge in [-0.05, 0) is 48.0 Å². The molecule has 3 aromatic rings. The van der Waals surface area contributed by atoms with Gasteiger partial charge >= 0.3 is 0 Å². The Hall–Kier alpha value is -4.60. The highest BCUT2D eigenvalue weighted by molar-refractivity contribution is 6.46. The summed E-state index contributed by atoms with van der Waals surface area (Å²) in [5, 5.41) is 11.4. The number of aliphatic hydroxyl groups excluding tert-OH is 1. The van der Waals surface area contributed by atoms with Gasteiger partial charge in [-0.2, -0.15) is 0 Å². The quantitative estimate of drug-likeness (QED) is 0.290. The van der Waals surface area contributed by atoms with Crippen molar-refractivity contribution in [1.82, 2.24) is 4.90 Å². The van der Waals surface area contributed by atoms with Crippen molar-refractivity contribution in [2.75, 3.05) is 34.5 Å². The van der Waals surface area contributed by atoms with Crippen molar-refractivity contribution in [3.63, 3.8) is 0 Å². The Bertz CT molecular complexity index is 1350. The first kappa shape index (κ1) is 24.1.